The molecule has 0 saturated heterocycles. The van der Waals surface area contributed by atoms with Gasteiger partial charge in [-0.1, -0.05) is 60.3 Å². The van der Waals surface area contributed by atoms with Gasteiger partial charge in [-0.15, -0.1) is 0 Å². The molecule has 0 saturated carbocycles. The van der Waals surface area contributed by atoms with E-state index >= 15 is 0 Å². The van der Waals surface area contributed by atoms with Crippen molar-refractivity contribution in [1.82, 2.24) is 9.88 Å². The standard InChI is InChI=1S/C25H22N2O2S/c1-17-6-4-11-22-23(17)26-25(29-22)30-16-18-7-5-10-20(14-18)24(28)27-13-12-19-8-2-3-9-21(19)15-27/h2-11,14H,12-13,15-16H2,1H3. The second kappa shape index (κ2) is 8.00. The van der Waals surface area contributed by atoms with Crippen molar-refractivity contribution in [3.63, 3.8) is 0 Å². The highest BCUT2D eigenvalue weighted by molar-refractivity contribution is 7.98. The SMILES string of the molecule is Cc1cccc2oc(SCc3cccc(C(=O)N4CCc5ccccc5C4)c3)nc12. The molecule has 0 atom stereocenters. The van der Waals surface area contributed by atoms with Crippen molar-refractivity contribution in [2.45, 2.75) is 30.9 Å². The first-order valence-corrected chi connectivity index (χ1v) is 11.1. The van der Waals surface area contributed by atoms with Crippen LogP contribution in [0.3, 0.4) is 0 Å². The van der Waals surface area contributed by atoms with Gasteiger partial charge in [0.05, 0.1) is 0 Å². The van der Waals surface area contributed by atoms with Gasteiger partial charge in [0.25, 0.3) is 11.1 Å². The molecule has 3 aromatic carbocycles. The number of para-hydroxylation sites is 1. The molecule has 4 nitrogen and oxygen atoms in total. The van der Waals surface area contributed by atoms with Gasteiger partial charge in [-0.2, -0.15) is 0 Å². The highest BCUT2D eigenvalue weighted by atomic mass is 32.2. The van der Waals surface area contributed by atoms with Crippen LogP contribution in [-0.2, 0) is 18.7 Å². The number of hydrogen-bond donors (Lipinski definition) is 0. The molecule has 1 aromatic heterocycles. The first-order valence-electron chi connectivity index (χ1n) is 10.1. The molecule has 1 amide bonds. The van der Waals surface area contributed by atoms with Crippen molar-refractivity contribution in [2.75, 3.05) is 6.54 Å². The van der Waals surface area contributed by atoms with Crippen LogP contribution in [0.15, 0.2) is 76.4 Å². The lowest BCUT2D eigenvalue weighted by Crippen LogP contribution is -2.35. The molecule has 150 valence electrons. The Bertz CT molecular complexity index is 1230. The monoisotopic (exact) mass is 414 g/mol. The summed E-state index contributed by atoms with van der Waals surface area (Å²) in [5.41, 5.74) is 7.25. The minimum atomic E-state index is 0.0915. The molecule has 0 unspecified atom stereocenters. The third-order valence-corrected chi connectivity index (χ3v) is 6.45. The number of aromatic nitrogens is 1. The summed E-state index contributed by atoms with van der Waals surface area (Å²) in [7, 11) is 0. The third kappa shape index (κ3) is 3.73. The molecule has 1 aliphatic heterocycles. The van der Waals surface area contributed by atoms with Crippen molar-refractivity contribution in [2.24, 2.45) is 0 Å². The molecule has 0 fully saturated rings. The van der Waals surface area contributed by atoms with E-state index in [1.54, 1.807) is 11.8 Å². The van der Waals surface area contributed by atoms with Crippen LogP contribution in [-0.4, -0.2) is 22.3 Å². The van der Waals surface area contributed by atoms with E-state index in [2.05, 4.69) is 23.2 Å². The Labute approximate surface area is 179 Å². The zero-order valence-corrected chi connectivity index (χ0v) is 17.6. The lowest BCUT2D eigenvalue weighted by atomic mass is 9.99. The number of amides is 1. The summed E-state index contributed by atoms with van der Waals surface area (Å²) in [4.78, 5) is 19.6. The van der Waals surface area contributed by atoms with Gasteiger partial charge in [0.15, 0.2) is 5.58 Å². The summed E-state index contributed by atoms with van der Waals surface area (Å²) in [6, 6.07) is 22.2. The number of nitrogens with zero attached hydrogens (tertiary/aromatic N) is 2. The minimum absolute atomic E-state index is 0.0915. The number of carbonyl (C=O) groups is 1. The molecule has 0 bridgehead atoms. The van der Waals surface area contributed by atoms with Crippen LogP contribution in [0.4, 0.5) is 0 Å². The molecule has 0 spiro atoms. The van der Waals surface area contributed by atoms with Gasteiger partial charge < -0.3 is 9.32 Å². The molecule has 5 rings (SSSR count). The molecule has 4 aromatic rings. The number of rotatable bonds is 4. The molecular formula is C25H22N2O2S. The largest absolute Gasteiger partial charge is 0.431 e. The maximum Gasteiger partial charge on any atom is 0.257 e. The number of aryl methyl sites for hydroxylation is 1. The van der Waals surface area contributed by atoms with E-state index in [0.29, 0.717) is 17.5 Å². The topological polar surface area (TPSA) is 46.3 Å². The fraction of sp³-hybridized carbons (Fsp3) is 0.200. The number of carbonyl (C=O) groups excluding carboxylic acids is 1. The average molecular weight is 415 g/mol. The molecular weight excluding hydrogens is 392 g/mol. The number of benzene rings is 3. The predicted molar refractivity (Wildman–Crippen MR) is 120 cm³/mol. The highest BCUT2D eigenvalue weighted by Crippen LogP contribution is 2.28. The fourth-order valence-electron chi connectivity index (χ4n) is 3.92. The molecule has 0 aliphatic carbocycles. The summed E-state index contributed by atoms with van der Waals surface area (Å²) >= 11 is 1.55. The van der Waals surface area contributed by atoms with E-state index in [9.17, 15) is 4.79 Å². The van der Waals surface area contributed by atoms with Gasteiger partial charge in [-0.05, 0) is 53.8 Å². The summed E-state index contributed by atoms with van der Waals surface area (Å²) in [6.45, 7) is 3.47. The molecule has 5 heteroatoms. The quantitative estimate of drug-likeness (QED) is 0.406. The van der Waals surface area contributed by atoms with E-state index in [-0.39, 0.29) is 5.91 Å². The summed E-state index contributed by atoms with van der Waals surface area (Å²) in [5.74, 6) is 0.796. The number of thioether (sulfide) groups is 1. The van der Waals surface area contributed by atoms with Crippen molar-refractivity contribution in [3.8, 4) is 0 Å². The average Bonchev–Trinajstić information content (AvgIpc) is 3.22. The van der Waals surface area contributed by atoms with Crippen LogP contribution < -0.4 is 0 Å². The van der Waals surface area contributed by atoms with Gasteiger partial charge in [0, 0.05) is 24.4 Å². The maximum absolute atomic E-state index is 13.1. The van der Waals surface area contributed by atoms with E-state index in [1.165, 1.54) is 11.1 Å². The van der Waals surface area contributed by atoms with Crippen molar-refractivity contribution < 1.29 is 9.21 Å². The molecule has 2 heterocycles. The zero-order valence-electron chi connectivity index (χ0n) is 16.8. The Morgan fingerprint density at radius 2 is 1.90 bits per heavy atom. The van der Waals surface area contributed by atoms with Crippen molar-refractivity contribution in [1.29, 1.82) is 0 Å². The number of fused-ring (bicyclic) bond motifs is 2. The van der Waals surface area contributed by atoms with Crippen LogP contribution in [0.5, 0.6) is 0 Å². The first kappa shape index (κ1) is 18.9. The summed E-state index contributed by atoms with van der Waals surface area (Å²) < 4.78 is 5.85. The first-order chi connectivity index (χ1) is 14.7. The van der Waals surface area contributed by atoms with Gasteiger partial charge in [0.2, 0.25) is 0 Å². The van der Waals surface area contributed by atoms with Crippen LogP contribution in [0.1, 0.15) is 32.6 Å². The predicted octanol–water partition coefficient (Wildman–Crippen LogP) is 5.63. The molecule has 30 heavy (non-hydrogen) atoms. The van der Waals surface area contributed by atoms with Gasteiger partial charge in [-0.25, -0.2) is 4.98 Å². The minimum Gasteiger partial charge on any atom is -0.431 e. The van der Waals surface area contributed by atoms with E-state index < -0.39 is 0 Å². The number of oxazole rings is 1. The van der Waals surface area contributed by atoms with Crippen LogP contribution in [0.2, 0.25) is 0 Å². The Balaban J connectivity index is 1.29. The van der Waals surface area contributed by atoms with Crippen molar-refractivity contribution in [3.05, 3.63) is 94.5 Å². The highest BCUT2D eigenvalue weighted by Gasteiger charge is 2.21. The van der Waals surface area contributed by atoms with E-state index in [4.69, 9.17) is 4.42 Å². The summed E-state index contributed by atoms with van der Waals surface area (Å²) in [5, 5.41) is 0.656. The Morgan fingerprint density at radius 1 is 1.07 bits per heavy atom. The Morgan fingerprint density at radius 3 is 2.77 bits per heavy atom. The lowest BCUT2D eigenvalue weighted by Gasteiger charge is -2.29. The Kier molecular flexibility index (Phi) is 5.05. The number of hydrogen-bond acceptors (Lipinski definition) is 4. The summed E-state index contributed by atoms with van der Waals surface area (Å²) in [6.07, 6.45) is 0.911. The van der Waals surface area contributed by atoms with Crippen LogP contribution in [0, 0.1) is 6.92 Å². The van der Waals surface area contributed by atoms with Crippen LogP contribution >= 0.6 is 11.8 Å². The third-order valence-electron chi connectivity index (χ3n) is 5.56. The van der Waals surface area contributed by atoms with Crippen LogP contribution in [0.25, 0.3) is 11.1 Å². The Hall–Kier alpha value is -3.05. The van der Waals surface area contributed by atoms with Crippen molar-refractivity contribution >= 4 is 28.8 Å². The zero-order chi connectivity index (χ0) is 20.5. The van der Waals surface area contributed by atoms with E-state index in [0.717, 1.165) is 40.8 Å². The smallest absolute Gasteiger partial charge is 0.257 e. The van der Waals surface area contributed by atoms with E-state index in [1.807, 2.05) is 60.4 Å². The molecule has 1 aliphatic rings. The molecule has 0 N–H and O–H groups in total. The van der Waals surface area contributed by atoms with Gasteiger partial charge in [-0.3, -0.25) is 4.79 Å². The fourth-order valence-corrected chi connectivity index (χ4v) is 4.69. The maximum atomic E-state index is 13.1. The second-order valence-electron chi connectivity index (χ2n) is 7.64. The molecule has 0 radical (unpaired) electrons. The normalized spacial score (nSPS) is 13.4. The van der Waals surface area contributed by atoms with Gasteiger partial charge >= 0.3 is 0 Å². The second-order valence-corrected chi connectivity index (χ2v) is 8.56. The lowest BCUT2D eigenvalue weighted by molar-refractivity contribution is 0.0734. The van der Waals surface area contributed by atoms with Gasteiger partial charge in [0.1, 0.15) is 5.52 Å².